The fraction of sp³-hybridized carbons (Fsp3) is 0.250. The summed E-state index contributed by atoms with van der Waals surface area (Å²) in [6.07, 6.45) is -0.0871. The first-order valence-electron chi connectivity index (χ1n) is 9.24. The average molecular weight is 361 g/mol. The van der Waals surface area contributed by atoms with Crippen molar-refractivity contribution in [3.8, 4) is 0 Å². The second kappa shape index (κ2) is 8.74. The van der Waals surface area contributed by atoms with E-state index in [9.17, 15) is 0 Å². The Hall–Kier alpha value is -2.78. The maximum atomic E-state index is 6.37. The molecule has 140 valence electrons. The van der Waals surface area contributed by atoms with Crippen LogP contribution in [-0.2, 0) is 11.3 Å². The lowest BCUT2D eigenvalue weighted by molar-refractivity contribution is 0.0667. The summed E-state index contributed by atoms with van der Waals surface area (Å²) in [7, 11) is 8.21. The highest BCUT2D eigenvalue weighted by molar-refractivity contribution is 5.48. The van der Waals surface area contributed by atoms with Crippen LogP contribution < -0.4 is 9.80 Å². The smallest absolute Gasteiger partial charge is 0.108 e. The van der Waals surface area contributed by atoms with Crippen LogP contribution in [0, 0.1) is 0 Å². The Morgan fingerprint density at radius 1 is 0.630 bits per heavy atom. The van der Waals surface area contributed by atoms with Crippen LogP contribution in [0.15, 0.2) is 78.9 Å². The minimum Gasteiger partial charge on any atom is -0.378 e. The molecule has 3 rings (SSSR count). The van der Waals surface area contributed by atoms with Gasteiger partial charge in [-0.3, -0.25) is 0 Å². The Kier molecular flexibility index (Phi) is 6.15. The summed E-state index contributed by atoms with van der Waals surface area (Å²) in [6.45, 7) is 0.572. The fourth-order valence-electron chi connectivity index (χ4n) is 3.03. The van der Waals surface area contributed by atoms with Gasteiger partial charge in [-0.15, -0.1) is 0 Å². The van der Waals surface area contributed by atoms with Gasteiger partial charge in [0.1, 0.15) is 6.10 Å². The first-order valence-corrected chi connectivity index (χ1v) is 9.24. The predicted molar refractivity (Wildman–Crippen MR) is 115 cm³/mol. The Balaban J connectivity index is 1.80. The number of hydrogen-bond acceptors (Lipinski definition) is 3. The van der Waals surface area contributed by atoms with Crippen LogP contribution in [0.5, 0.6) is 0 Å². The maximum absolute atomic E-state index is 6.37. The summed E-state index contributed by atoms with van der Waals surface area (Å²) in [5, 5.41) is 0. The molecule has 0 saturated heterocycles. The third-order valence-corrected chi connectivity index (χ3v) is 4.68. The van der Waals surface area contributed by atoms with Gasteiger partial charge in [0.15, 0.2) is 0 Å². The Morgan fingerprint density at radius 3 is 1.63 bits per heavy atom. The Bertz CT molecular complexity index is 825. The zero-order valence-corrected chi connectivity index (χ0v) is 16.6. The molecule has 3 heteroatoms. The van der Waals surface area contributed by atoms with E-state index in [1.165, 1.54) is 22.5 Å². The van der Waals surface area contributed by atoms with E-state index in [2.05, 4.69) is 96.7 Å². The van der Waals surface area contributed by atoms with Crippen molar-refractivity contribution in [2.45, 2.75) is 12.7 Å². The van der Waals surface area contributed by atoms with Gasteiger partial charge in [-0.1, -0.05) is 54.6 Å². The molecular weight excluding hydrogens is 332 g/mol. The van der Waals surface area contributed by atoms with E-state index in [0.717, 1.165) is 5.56 Å². The molecule has 3 aromatic rings. The van der Waals surface area contributed by atoms with E-state index in [1.807, 2.05) is 20.2 Å². The third kappa shape index (κ3) is 4.89. The zero-order valence-electron chi connectivity index (χ0n) is 16.6. The van der Waals surface area contributed by atoms with Crippen LogP contribution in [0.1, 0.15) is 22.8 Å². The number of hydrogen-bond donors (Lipinski definition) is 0. The van der Waals surface area contributed by atoms with Crippen molar-refractivity contribution < 1.29 is 4.74 Å². The molecule has 0 N–H and O–H groups in total. The summed E-state index contributed by atoms with van der Waals surface area (Å²) in [5.41, 5.74) is 5.88. The van der Waals surface area contributed by atoms with Crippen LogP contribution in [0.3, 0.4) is 0 Å². The Labute approximate surface area is 162 Å². The molecular formula is C24H28N2O. The van der Waals surface area contributed by atoms with Crippen molar-refractivity contribution in [1.82, 2.24) is 0 Å². The van der Waals surface area contributed by atoms with E-state index >= 15 is 0 Å². The van der Waals surface area contributed by atoms with E-state index < -0.39 is 0 Å². The van der Waals surface area contributed by atoms with Crippen LogP contribution in [0.4, 0.5) is 11.4 Å². The molecule has 0 aliphatic heterocycles. The monoisotopic (exact) mass is 360 g/mol. The van der Waals surface area contributed by atoms with Crippen molar-refractivity contribution in [2.24, 2.45) is 0 Å². The molecule has 0 saturated carbocycles. The second-order valence-corrected chi connectivity index (χ2v) is 7.15. The summed E-state index contributed by atoms with van der Waals surface area (Å²) in [4.78, 5) is 4.21. The van der Waals surface area contributed by atoms with Gasteiger partial charge in [0.2, 0.25) is 0 Å². The predicted octanol–water partition coefficient (Wildman–Crippen LogP) is 5.12. The van der Waals surface area contributed by atoms with Gasteiger partial charge in [-0.25, -0.2) is 0 Å². The number of rotatable bonds is 7. The largest absolute Gasteiger partial charge is 0.378 e. The molecule has 0 spiro atoms. The molecule has 1 unspecified atom stereocenters. The van der Waals surface area contributed by atoms with E-state index in [0.29, 0.717) is 6.61 Å². The molecule has 0 aromatic heterocycles. The van der Waals surface area contributed by atoms with Crippen molar-refractivity contribution in [2.75, 3.05) is 38.0 Å². The summed E-state index contributed by atoms with van der Waals surface area (Å²) in [5.74, 6) is 0. The highest BCUT2D eigenvalue weighted by atomic mass is 16.5. The second-order valence-electron chi connectivity index (χ2n) is 7.15. The lowest BCUT2D eigenvalue weighted by Crippen LogP contribution is -2.10. The summed E-state index contributed by atoms with van der Waals surface area (Å²) < 4.78 is 6.37. The van der Waals surface area contributed by atoms with Crippen LogP contribution in [0.2, 0.25) is 0 Å². The van der Waals surface area contributed by atoms with E-state index in [1.54, 1.807) is 0 Å². The minimum atomic E-state index is -0.0871. The van der Waals surface area contributed by atoms with Crippen molar-refractivity contribution in [3.63, 3.8) is 0 Å². The van der Waals surface area contributed by atoms with Gasteiger partial charge < -0.3 is 14.5 Å². The number of ether oxygens (including phenoxy) is 1. The van der Waals surface area contributed by atoms with Crippen LogP contribution in [0.25, 0.3) is 0 Å². The number of anilines is 2. The lowest BCUT2D eigenvalue weighted by Gasteiger charge is -2.21. The molecule has 0 amide bonds. The molecule has 0 aliphatic carbocycles. The van der Waals surface area contributed by atoms with Crippen LogP contribution >= 0.6 is 0 Å². The molecule has 1 atom stereocenters. The lowest BCUT2D eigenvalue weighted by atomic mass is 10.0. The topological polar surface area (TPSA) is 15.7 Å². The normalized spacial score (nSPS) is 11.9. The number of nitrogens with zero attached hydrogens (tertiary/aromatic N) is 2. The minimum absolute atomic E-state index is 0.0871. The average Bonchev–Trinajstić information content (AvgIpc) is 2.69. The summed E-state index contributed by atoms with van der Waals surface area (Å²) >= 11 is 0. The highest BCUT2D eigenvalue weighted by Crippen LogP contribution is 2.28. The maximum Gasteiger partial charge on any atom is 0.108 e. The van der Waals surface area contributed by atoms with E-state index in [4.69, 9.17) is 4.74 Å². The van der Waals surface area contributed by atoms with Crippen molar-refractivity contribution in [1.29, 1.82) is 0 Å². The molecule has 0 radical (unpaired) electrons. The van der Waals surface area contributed by atoms with E-state index in [-0.39, 0.29) is 6.10 Å². The van der Waals surface area contributed by atoms with Gasteiger partial charge >= 0.3 is 0 Å². The SMILES string of the molecule is CN(C)c1ccc(COC(c2ccccc2)c2ccc(N(C)C)cc2)cc1. The summed E-state index contributed by atoms with van der Waals surface area (Å²) in [6, 6.07) is 27.5. The Morgan fingerprint density at radius 2 is 1.11 bits per heavy atom. The first-order chi connectivity index (χ1) is 13.0. The highest BCUT2D eigenvalue weighted by Gasteiger charge is 2.15. The van der Waals surface area contributed by atoms with Gasteiger partial charge in [0, 0.05) is 39.6 Å². The molecule has 0 bridgehead atoms. The molecule has 3 aromatic carbocycles. The third-order valence-electron chi connectivity index (χ3n) is 4.68. The fourth-order valence-corrected chi connectivity index (χ4v) is 3.03. The van der Waals surface area contributed by atoms with Gasteiger partial charge in [-0.05, 0) is 41.0 Å². The molecule has 0 aliphatic rings. The standard InChI is InChI=1S/C24H28N2O/c1-25(2)22-14-10-19(11-15-22)18-27-24(20-8-6-5-7-9-20)21-12-16-23(17-13-21)26(3)4/h5-17,24H,18H2,1-4H3. The van der Waals surface area contributed by atoms with Crippen molar-refractivity contribution in [3.05, 3.63) is 95.6 Å². The molecule has 3 nitrogen and oxygen atoms in total. The van der Waals surface area contributed by atoms with Crippen LogP contribution in [-0.4, -0.2) is 28.2 Å². The molecule has 27 heavy (non-hydrogen) atoms. The van der Waals surface area contributed by atoms with Crippen molar-refractivity contribution >= 4 is 11.4 Å². The zero-order chi connectivity index (χ0) is 19.2. The van der Waals surface area contributed by atoms with Gasteiger partial charge in [0.25, 0.3) is 0 Å². The van der Waals surface area contributed by atoms with Gasteiger partial charge in [-0.2, -0.15) is 0 Å². The molecule has 0 fully saturated rings. The van der Waals surface area contributed by atoms with Gasteiger partial charge in [0.05, 0.1) is 6.61 Å². The first kappa shape index (κ1) is 19.0. The molecule has 0 heterocycles. The number of benzene rings is 3. The quantitative estimate of drug-likeness (QED) is 0.581.